The number of carboxylic acids is 2. The second-order valence-corrected chi connectivity index (χ2v) is 16.5. The van der Waals surface area contributed by atoms with Gasteiger partial charge in [-0.05, 0) is 82.4 Å². The quantitative estimate of drug-likeness (QED) is 0.0768. The number of nitrogens with zero attached hydrogens (tertiary/aromatic N) is 6. The van der Waals surface area contributed by atoms with E-state index in [2.05, 4.69) is 61.9 Å². The number of carbonyl (C=O) groups is 6. The molecule has 0 aliphatic rings. The van der Waals surface area contributed by atoms with Crippen molar-refractivity contribution in [1.82, 2.24) is 40.5 Å². The van der Waals surface area contributed by atoms with E-state index in [9.17, 15) is 41.9 Å². The molecule has 0 spiro atoms. The van der Waals surface area contributed by atoms with Crippen molar-refractivity contribution in [3.8, 4) is 0 Å². The summed E-state index contributed by atoms with van der Waals surface area (Å²) in [6, 6.07) is 15.9. The third-order valence-corrected chi connectivity index (χ3v) is 8.66. The summed E-state index contributed by atoms with van der Waals surface area (Å²) in [5.74, 6) is -5.16. The molecule has 6 N–H and O–H groups in total. The molecule has 3 aromatic heterocycles. The van der Waals surface area contributed by atoms with E-state index in [1.807, 2.05) is 0 Å². The molecule has 18 nitrogen and oxygen atoms in total. The van der Waals surface area contributed by atoms with Crippen molar-refractivity contribution < 1.29 is 56.4 Å². The van der Waals surface area contributed by atoms with Crippen LogP contribution in [0.2, 0.25) is 15.1 Å². The van der Waals surface area contributed by atoms with E-state index >= 15 is 0 Å². The van der Waals surface area contributed by atoms with Crippen LogP contribution in [0, 0.1) is 17.5 Å². The number of hydrogen-bond donors (Lipinski definition) is 5. The lowest BCUT2D eigenvalue weighted by Crippen LogP contribution is -2.27. The van der Waals surface area contributed by atoms with E-state index in [1.54, 1.807) is 6.07 Å². The number of benzene rings is 3. The Morgan fingerprint density at radius 1 is 0.515 bits per heavy atom. The highest BCUT2D eigenvalue weighted by atomic mass is 36.0. The third kappa shape index (κ3) is 21.3. The molecule has 29 heteroatoms. The topological polar surface area (TPSA) is 287 Å². The Kier molecular flexibility index (Phi) is 25.4. The summed E-state index contributed by atoms with van der Waals surface area (Å²) in [6.07, 6.45) is 3.03. The molecular weight excluding hydrogens is 1080 g/mol. The van der Waals surface area contributed by atoms with Crippen molar-refractivity contribution in [2.24, 2.45) is 5.73 Å². The minimum atomic E-state index is -1.67. The fraction of sp³-hybridized carbons (Fsp3) is 0.0769. The number of carbonyl (C=O) groups excluding carboxylic acids is 4. The van der Waals surface area contributed by atoms with Crippen LogP contribution in [0.25, 0.3) is 0 Å². The highest BCUT2D eigenvalue weighted by molar-refractivity contribution is 8.26. The number of carboxylic acid groups (broad SMARTS) is 2. The maximum atomic E-state index is 13.2. The number of aromatic carboxylic acids is 2. The molecule has 0 fully saturated rings. The third-order valence-electron chi connectivity index (χ3n) is 7.40. The first-order chi connectivity index (χ1) is 32.0. The Hall–Kier alpha value is -5.95. The lowest BCUT2D eigenvalue weighted by atomic mass is 10.2. The van der Waals surface area contributed by atoms with Gasteiger partial charge in [-0.15, -0.1) is 0 Å². The Labute approximate surface area is 417 Å². The van der Waals surface area contributed by atoms with Gasteiger partial charge >= 0.3 is 11.9 Å². The zero-order chi connectivity index (χ0) is 51.1. The number of hydrogen-bond acceptors (Lipinski definition) is 14. The molecular formula is C39H27Cl7F3N9O9S. The number of nitrogens with one attached hydrogen (secondary N) is 2. The fourth-order valence-electron chi connectivity index (χ4n) is 4.28. The van der Waals surface area contributed by atoms with Gasteiger partial charge in [0.05, 0.1) is 15.1 Å². The summed E-state index contributed by atoms with van der Waals surface area (Å²) in [5, 5.41) is 20.5. The average molecular weight is 1100 g/mol. The van der Waals surface area contributed by atoms with Crippen molar-refractivity contribution in [2.45, 2.75) is 19.6 Å². The maximum Gasteiger partial charge on any atom is 0.354 e. The molecule has 6 rings (SSSR count). The first kappa shape index (κ1) is 58.2. The van der Waals surface area contributed by atoms with E-state index in [1.165, 1.54) is 54.6 Å². The molecule has 0 atom stereocenters. The number of amides is 2. The summed E-state index contributed by atoms with van der Waals surface area (Å²) >= 11 is 27.1. The molecule has 6 aromatic rings. The van der Waals surface area contributed by atoms with Crippen molar-refractivity contribution >= 4 is 123 Å². The lowest BCUT2D eigenvalue weighted by Gasteiger charge is -2.08. The average Bonchev–Trinajstić information content (AvgIpc) is 3.31. The standard InChI is InChI=1S/C20H14Cl2F2N4O2.C7H7ClFN.C6H2Cl2N2O2.C6H4N2O4.Cl2OS/c21-13-5-11(1-3-15(13)23)8-25-19(29)17-7-18(28-10-27-17)20(30)26-9-12-2-4-16(24)14(22)6-12;8-6-3-5(4-10)1-2-7(6)9;7-5(11)3-1-4(6(8)12)10-2-9-3;9-5(10)3-1-4(6(11)12)8-2-7-3;1-4(2)3/h1-7,10H,8-9H2,(H,25,29)(H,26,30);1-3H,4,10H2;1-2H;1-2H,(H,9,10)(H,11,12);. The van der Waals surface area contributed by atoms with Crippen LogP contribution in [-0.4, -0.2) is 78.6 Å². The molecule has 3 heterocycles. The predicted octanol–water partition coefficient (Wildman–Crippen LogP) is 8.01. The lowest BCUT2D eigenvalue weighted by molar-refractivity contribution is 0.0686. The first-order valence-electron chi connectivity index (χ1n) is 17.7. The monoisotopic (exact) mass is 1100 g/mol. The molecule has 0 saturated heterocycles. The minimum absolute atomic E-state index is 0.0202. The van der Waals surface area contributed by atoms with Crippen LogP contribution in [0.1, 0.15) is 79.6 Å². The summed E-state index contributed by atoms with van der Waals surface area (Å²) in [4.78, 5) is 87.7. The molecule has 0 aliphatic carbocycles. The summed E-state index contributed by atoms with van der Waals surface area (Å²) in [5.41, 5.74) is 6.53. The van der Waals surface area contributed by atoms with Gasteiger partial charge in [0.2, 0.25) is 9.23 Å². The van der Waals surface area contributed by atoms with Crippen LogP contribution in [0.4, 0.5) is 13.2 Å². The van der Waals surface area contributed by atoms with E-state index in [-0.39, 0.29) is 62.3 Å². The SMILES string of the molecule is NCc1ccc(F)c(Cl)c1.O=C(Cl)c1cc(C(=O)Cl)ncn1.O=C(NCc1ccc(F)c(Cl)c1)c1cc(C(=O)NCc2ccc(F)c(Cl)c2)ncn1.O=C(O)c1cc(C(=O)O)ncn1.O=S(Cl)Cl. The summed E-state index contributed by atoms with van der Waals surface area (Å²) in [7, 11) is 7.36. The molecule has 3 aromatic carbocycles. The van der Waals surface area contributed by atoms with Gasteiger partial charge in [0.15, 0.2) is 11.4 Å². The van der Waals surface area contributed by atoms with Crippen LogP contribution in [0.3, 0.4) is 0 Å². The van der Waals surface area contributed by atoms with Gasteiger partial charge in [-0.25, -0.2) is 56.9 Å². The van der Waals surface area contributed by atoms with E-state index in [4.69, 9.17) is 78.2 Å². The molecule has 68 heavy (non-hydrogen) atoms. The van der Waals surface area contributed by atoms with E-state index in [0.29, 0.717) is 17.7 Å². The van der Waals surface area contributed by atoms with Gasteiger partial charge in [0, 0.05) is 53.1 Å². The van der Waals surface area contributed by atoms with E-state index in [0.717, 1.165) is 36.7 Å². The summed E-state index contributed by atoms with van der Waals surface area (Å²) < 4.78 is 47.9. The zero-order valence-electron chi connectivity index (χ0n) is 33.5. The molecule has 0 aliphatic heterocycles. The first-order valence-corrected chi connectivity index (χ1v) is 22.4. The summed E-state index contributed by atoms with van der Waals surface area (Å²) in [6.45, 7) is 0.575. The van der Waals surface area contributed by atoms with Crippen molar-refractivity contribution in [3.63, 3.8) is 0 Å². The van der Waals surface area contributed by atoms with Gasteiger partial charge in [0.1, 0.15) is 59.2 Å². The fourth-order valence-corrected chi connectivity index (χ4v) is 5.10. The van der Waals surface area contributed by atoms with Crippen molar-refractivity contribution in [1.29, 1.82) is 0 Å². The van der Waals surface area contributed by atoms with Gasteiger partial charge in [-0.3, -0.25) is 19.2 Å². The predicted molar refractivity (Wildman–Crippen MR) is 245 cm³/mol. The van der Waals surface area contributed by atoms with Gasteiger partial charge in [-0.2, -0.15) is 0 Å². The van der Waals surface area contributed by atoms with Gasteiger partial charge < -0.3 is 26.6 Å². The normalized spacial score (nSPS) is 9.94. The van der Waals surface area contributed by atoms with Crippen LogP contribution < -0.4 is 16.4 Å². The largest absolute Gasteiger partial charge is 0.477 e. The second kappa shape index (κ2) is 29.7. The highest BCUT2D eigenvalue weighted by Crippen LogP contribution is 2.18. The number of nitrogens with two attached hydrogens (primary N) is 1. The minimum Gasteiger partial charge on any atom is -0.477 e. The Balaban J connectivity index is 0.000000343. The maximum absolute atomic E-state index is 13.2. The van der Waals surface area contributed by atoms with Crippen LogP contribution in [-0.2, 0) is 28.9 Å². The van der Waals surface area contributed by atoms with E-state index < -0.39 is 60.9 Å². The smallest absolute Gasteiger partial charge is 0.354 e. The Morgan fingerprint density at radius 2 is 0.794 bits per heavy atom. The highest BCUT2D eigenvalue weighted by Gasteiger charge is 2.15. The van der Waals surface area contributed by atoms with Crippen LogP contribution in [0.5, 0.6) is 0 Å². The number of rotatable bonds is 11. The molecule has 2 amide bonds. The molecule has 0 bridgehead atoms. The van der Waals surface area contributed by atoms with Crippen molar-refractivity contribution in [2.75, 3.05) is 0 Å². The number of halogens is 10. The second-order valence-electron chi connectivity index (χ2n) is 12.0. The van der Waals surface area contributed by atoms with Crippen molar-refractivity contribution in [3.05, 3.63) is 175 Å². The Morgan fingerprint density at radius 3 is 1.10 bits per heavy atom. The van der Waals surface area contributed by atoms with Crippen LogP contribution in [0.15, 0.2) is 91.8 Å². The molecule has 0 saturated carbocycles. The van der Waals surface area contributed by atoms with Gasteiger partial charge in [-0.1, -0.05) is 53.0 Å². The van der Waals surface area contributed by atoms with Crippen LogP contribution >= 0.6 is 79.4 Å². The Bertz CT molecular complexity index is 2600. The zero-order valence-corrected chi connectivity index (χ0v) is 39.6. The van der Waals surface area contributed by atoms with Gasteiger partial charge in [0.25, 0.3) is 22.3 Å². The molecule has 0 unspecified atom stereocenters. The molecule has 0 radical (unpaired) electrons. The number of aromatic nitrogens is 6. The molecule has 358 valence electrons.